The number of benzene rings is 1. The van der Waals surface area contributed by atoms with Gasteiger partial charge in [0, 0.05) is 5.33 Å². The third-order valence-electron chi connectivity index (χ3n) is 4.25. The molecule has 0 radical (unpaired) electrons. The highest BCUT2D eigenvalue weighted by molar-refractivity contribution is 9.09. The molecule has 0 N–H and O–H groups in total. The largest absolute Gasteiger partial charge is 0.445 e. The fourth-order valence-corrected chi connectivity index (χ4v) is 3.77. The number of nitrogens with zero attached hydrogens (tertiary/aromatic N) is 1. The molecule has 1 aromatic carbocycles. The number of fused-ring (bicyclic) bond motifs is 2. The zero-order chi connectivity index (χ0) is 14.7. The van der Waals surface area contributed by atoms with Gasteiger partial charge >= 0.3 is 6.09 Å². The first-order valence-electron chi connectivity index (χ1n) is 7.40. The average Bonchev–Trinajstić information content (AvgIpc) is 2.52. The molecule has 2 heterocycles. The second-order valence-corrected chi connectivity index (χ2v) is 6.43. The van der Waals surface area contributed by atoms with Gasteiger partial charge in [-0.05, 0) is 24.3 Å². The summed E-state index contributed by atoms with van der Waals surface area (Å²) >= 11 is 3.56. The lowest BCUT2D eigenvalue weighted by Gasteiger charge is -2.47. The Labute approximate surface area is 133 Å². The molecule has 1 amide bonds. The lowest BCUT2D eigenvalue weighted by atomic mass is 9.86. The molecule has 4 nitrogen and oxygen atoms in total. The van der Waals surface area contributed by atoms with E-state index in [1.807, 2.05) is 35.2 Å². The van der Waals surface area contributed by atoms with Crippen molar-refractivity contribution in [2.45, 2.75) is 31.5 Å². The van der Waals surface area contributed by atoms with Crippen molar-refractivity contribution in [2.75, 3.05) is 18.5 Å². The van der Waals surface area contributed by atoms with Gasteiger partial charge in [0.25, 0.3) is 0 Å². The summed E-state index contributed by atoms with van der Waals surface area (Å²) < 4.78 is 11.1. The first kappa shape index (κ1) is 14.9. The zero-order valence-electron chi connectivity index (χ0n) is 11.9. The SMILES string of the molecule is O=C(OCc1ccccc1)N1C2COCC1CC(CBr)C2. The number of halogens is 1. The lowest BCUT2D eigenvalue weighted by Crippen LogP contribution is -2.59. The van der Waals surface area contributed by atoms with E-state index in [1.165, 1.54) is 0 Å². The Balaban J connectivity index is 1.61. The molecule has 0 saturated carbocycles. The number of alkyl halides is 1. The average molecular weight is 354 g/mol. The minimum absolute atomic E-state index is 0.156. The fourth-order valence-electron chi connectivity index (χ4n) is 3.25. The van der Waals surface area contributed by atoms with E-state index in [0.29, 0.717) is 25.7 Å². The summed E-state index contributed by atoms with van der Waals surface area (Å²) in [6.45, 7) is 1.58. The maximum atomic E-state index is 12.4. The molecule has 2 bridgehead atoms. The maximum absolute atomic E-state index is 12.4. The molecule has 0 aromatic heterocycles. The standard InChI is InChI=1S/C16H20BrNO3/c17-8-13-6-14-10-20-11-15(7-13)18(14)16(19)21-9-12-4-2-1-3-5-12/h1-5,13-15H,6-11H2. The van der Waals surface area contributed by atoms with Crippen LogP contribution < -0.4 is 0 Å². The van der Waals surface area contributed by atoms with E-state index in [0.717, 1.165) is 23.7 Å². The van der Waals surface area contributed by atoms with Crippen molar-refractivity contribution in [1.82, 2.24) is 4.90 Å². The molecule has 2 unspecified atom stereocenters. The van der Waals surface area contributed by atoms with Crippen LogP contribution in [0.5, 0.6) is 0 Å². The van der Waals surface area contributed by atoms with Crippen LogP contribution in [0.4, 0.5) is 4.79 Å². The van der Waals surface area contributed by atoms with Gasteiger partial charge in [-0.3, -0.25) is 4.90 Å². The van der Waals surface area contributed by atoms with Crippen LogP contribution in [-0.2, 0) is 16.1 Å². The number of rotatable bonds is 3. The molecular formula is C16H20BrNO3. The van der Waals surface area contributed by atoms with Gasteiger partial charge < -0.3 is 9.47 Å². The first-order valence-corrected chi connectivity index (χ1v) is 8.52. The number of carbonyl (C=O) groups excluding carboxylic acids is 1. The van der Waals surface area contributed by atoms with Gasteiger partial charge in [0.15, 0.2) is 0 Å². The van der Waals surface area contributed by atoms with Crippen molar-refractivity contribution < 1.29 is 14.3 Å². The van der Waals surface area contributed by atoms with Gasteiger partial charge in [-0.15, -0.1) is 0 Å². The van der Waals surface area contributed by atoms with Gasteiger partial charge in [-0.2, -0.15) is 0 Å². The minimum Gasteiger partial charge on any atom is -0.445 e. The molecule has 2 fully saturated rings. The summed E-state index contributed by atoms with van der Waals surface area (Å²) in [4.78, 5) is 14.3. The van der Waals surface area contributed by atoms with E-state index in [-0.39, 0.29) is 18.2 Å². The van der Waals surface area contributed by atoms with Crippen LogP contribution in [0.3, 0.4) is 0 Å². The number of hydrogen-bond acceptors (Lipinski definition) is 3. The predicted molar refractivity (Wildman–Crippen MR) is 83.4 cm³/mol. The molecular weight excluding hydrogens is 334 g/mol. The number of morpholine rings is 1. The van der Waals surface area contributed by atoms with E-state index >= 15 is 0 Å². The van der Waals surface area contributed by atoms with Gasteiger partial charge in [-0.25, -0.2) is 4.79 Å². The molecule has 1 aromatic rings. The molecule has 2 atom stereocenters. The fraction of sp³-hybridized carbons (Fsp3) is 0.562. The Morgan fingerprint density at radius 1 is 1.24 bits per heavy atom. The van der Waals surface area contributed by atoms with Crippen LogP contribution in [0.25, 0.3) is 0 Å². The number of ether oxygens (including phenoxy) is 2. The van der Waals surface area contributed by atoms with Crippen molar-refractivity contribution in [3.63, 3.8) is 0 Å². The molecule has 114 valence electrons. The second-order valence-electron chi connectivity index (χ2n) is 5.78. The zero-order valence-corrected chi connectivity index (χ0v) is 13.5. The number of carbonyl (C=O) groups is 1. The van der Waals surface area contributed by atoms with Crippen molar-refractivity contribution in [3.05, 3.63) is 35.9 Å². The quantitative estimate of drug-likeness (QED) is 0.783. The normalized spacial score (nSPS) is 28.2. The summed E-state index contributed by atoms with van der Waals surface area (Å²) in [5.74, 6) is 0.627. The highest BCUT2D eigenvalue weighted by atomic mass is 79.9. The summed E-state index contributed by atoms with van der Waals surface area (Å²) in [7, 11) is 0. The molecule has 2 saturated heterocycles. The number of amides is 1. The van der Waals surface area contributed by atoms with E-state index in [9.17, 15) is 4.79 Å². The van der Waals surface area contributed by atoms with Crippen LogP contribution in [-0.4, -0.2) is 41.6 Å². The Bertz CT molecular complexity index is 468. The van der Waals surface area contributed by atoms with Gasteiger partial charge in [-0.1, -0.05) is 46.3 Å². The van der Waals surface area contributed by atoms with Crippen molar-refractivity contribution in [1.29, 1.82) is 0 Å². The molecule has 2 aliphatic heterocycles. The molecule has 5 heteroatoms. The van der Waals surface area contributed by atoms with Crippen LogP contribution in [0.2, 0.25) is 0 Å². The van der Waals surface area contributed by atoms with Gasteiger partial charge in [0.05, 0.1) is 25.3 Å². The van der Waals surface area contributed by atoms with Crippen LogP contribution in [0, 0.1) is 5.92 Å². The van der Waals surface area contributed by atoms with Crippen molar-refractivity contribution in [2.24, 2.45) is 5.92 Å². The predicted octanol–water partition coefficient (Wildman–Crippen LogP) is 3.20. The number of piperidine rings is 1. The van der Waals surface area contributed by atoms with Crippen LogP contribution >= 0.6 is 15.9 Å². The Morgan fingerprint density at radius 3 is 2.52 bits per heavy atom. The van der Waals surface area contributed by atoms with Gasteiger partial charge in [0.2, 0.25) is 0 Å². The number of hydrogen-bond donors (Lipinski definition) is 0. The van der Waals surface area contributed by atoms with E-state index in [2.05, 4.69) is 15.9 Å². The third kappa shape index (κ3) is 3.40. The van der Waals surface area contributed by atoms with Crippen molar-refractivity contribution in [3.8, 4) is 0 Å². The Morgan fingerprint density at radius 2 is 1.90 bits per heavy atom. The second kappa shape index (κ2) is 6.79. The van der Waals surface area contributed by atoms with Gasteiger partial charge in [0.1, 0.15) is 6.61 Å². The first-order chi connectivity index (χ1) is 10.3. The summed E-state index contributed by atoms with van der Waals surface area (Å²) in [5.41, 5.74) is 1.02. The molecule has 0 spiro atoms. The Hall–Kier alpha value is -1.07. The summed E-state index contributed by atoms with van der Waals surface area (Å²) in [6.07, 6.45) is 1.77. The molecule has 21 heavy (non-hydrogen) atoms. The topological polar surface area (TPSA) is 38.8 Å². The van der Waals surface area contributed by atoms with E-state index < -0.39 is 0 Å². The molecule has 0 aliphatic carbocycles. The van der Waals surface area contributed by atoms with E-state index in [1.54, 1.807) is 0 Å². The molecule has 2 aliphatic rings. The highest BCUT2D eigenvalue weighted by Crippen LogP contribution is 2.33. The maximum Gasteiger partial charge on any atom is 0.410 e. The monoisotopic (exact) mass is 353 g/mol. The molecule has 3 rings (SSSR count). The lowest BCUT2D eigenvalue weighted by molar-refractivity contribution is -0.0768. The van der Waals surface area contributed by atoms with Crippen LogP contribution in [0.15, 0.2) is 30.3 Å². The van der Waals surface area contributed by atoms with E-state index in [4.69, 9.17) is 9.47 Å². The van der Waals surface area contributed by atoms with Crippen LogP contribution in [0.1, 0.15) is 18.4 Å². The Kier molecular flexibility index (Phi) is 4.80. The minimum atomic E-state index is -0.204. The highest BCUT2D eigenvalue weighted by Gasteiger charge is 2.42. The summed E-state index contributed by atoms with van der Waals surface area (Å²) in [6, 6.07) is 10.1. The smallest absolute Gasteiger partial charge is 0.410 e. The summed E-state index contributed by atoms with van der Waals surface area (Å²) in [5, 5.41) is 0.993. The van der Waals surface area contributed by atoms with Crippen molar-refractivity contribution >= 4 is 22.0 Å². The third-order valence-corrected chi connectivity index (χ3v) is 5.17.